The van der Waals surface area contributed by atoms with Crippen LogP contribution in [-0.2, 0) is 11.2 Å². The topological polar surface area (TPSA) is 70.7 Å². The molecule has 2 heterocycles. The normalized spacial score (nSPS) is 25.6. The third-order valence-electron chi connectivity index (χ3n) is 4.97. The minimum absolute atomic E-state index is 0.0191. The van der Waals surface area contributed by atoms with Crippen LogP contribution in [0.5, 0.6) is 5.75 Å². The average Bonchev–Trinajstić information content (AvgIpc) is 2.62. The summed E-state index contributed by atoms with van der Waals surface area (Å²) in [5.74, 6) is 1.66. The summed E-state index contributed by atoms with van der Waals surface area (Å²) >= 11 is 1.52. The van der Waals surface area contributed by atoms with E-state index in [0.29, 0.717) is 18.2 Å². The van der Waals surface area contributed by atoms with Gasteiger partial charge in [0, 0.05) is 19.0 Å². The van der Waals surface area contributed by atoms with Gasteiger partial charge in [-0.05, 0) is 36.6 Å². The Morgan fingerprint density at radius 3 is 2.96 bits per heavy atom. The lowest BCUT2D eigenvalue weighted by Gasteiger charge is -2.36. The van der Waals surface area contributed by atoms with Crippen molar-refractivity contribution in [3.8, 4) is 5.75 Å². The standard InChI is InChI=1S/C18H25N3O3S/c1-11-9-19-18(23)20-17(11)25-10-16(22)21-7-6-13-8-14(24-3)4-5-15(13)12(21)2/h4-5,8,11-12,17H,6-7,9-10H2,1-3H3,(H2,19,20,23)/t11?,12-,17?/m0/s1. The van der Waals surface area contributed by atoms with Crippen LogP contribution in [0.2, 0.25) is 0 Å². The molecule has 6 nitrogen and oxygen atoms in total. The largest absolute Gasteiger partial charge is 0.497 e. The zero-order valence-electron chi connectivity index (χ0n) is 14.9. The number of fused-ring (bicyclic) bond motifs is 1. The highest BCUT2D eigenvalue weighted by Crippen LogP contribution is 2.32. The van der Waals surface area contributed by atoms with E-state index >= 15 is 0 Å². The maximum absolute atomic E-state index is 12.7. The fourth-order valence-electron chi connectivity index (χ4n) is 3.41. The van der Waals surface area contributed by atoms with Crippen LogP contribution < -0.4 is 15.4 Å². The first-order chi connectivity index (χ1) is 12.0. The number of nitrogens with zero attached hydrogens (tertiary/aromatic N) is 1. The summed E-state index contributed by atoms with van der Waals surface area (Å²) in [6.07, 6.45) is 0.841. The van der Waals surface area contributed by atoms with Gasteiger partial charge in [0.1, 0.15) is 5.75 Å². The highest BCUT2D eigenvalue weighted by molar-refractivity contribution is 8.00. The molecule has 0 saturated carbocycles. The molecule has 0 aliphatic carbocycles. The van der Waals surface area contributed by atoms with E-state index in [4.69, 9.17) is 4.74 Å². The van der Waals surface area contributed by atoms with Gasteiger partial charge < -0.3 is 20.3 Å². The van der Waals surface area contributed by atoms with Crippen molar-refractivity contribution in [3.05, 3.63) is 29.3 Å². The molecule has 2 N–H and O–H groups in total. The molecule has 2 aliphatic heterocycles. The van der Waals surface area contributed by atoms with Gasteiger partial charge in [0.25, 0.3) is 0 Å². The van der Waals surface area contributed by atoms with Crippen molar-refractivity contribution in [3.63, 3.8) is 0 Å². The SMILES string of the molecule is COc1ccc2c(c1)CCN(C(=O)CSC1NC(=O)NCC1C)[C@H]2C. The summed E-state index contributed by atoms with van der Waals surface area (Å²) in [5.41, 5.74) is 2.44. The van der Waals surface area contributed by atoms with Crippen LogP contribution in [0.1, 0.15) is 31.0 Å². The molecule has 1 aromatic rings. The highest BCUT2D eigenvalue weighted by Gasteiger charge is 2.30. The summed E-state index contributed by atoms with van der Waals surface area (Å²) in [6, 6.07) is 5.97. The van der Waals surface area contributed by atoms with Crippen LogP contribution in [0.25, 0.3) is 0 Å². The molecule has 0 bridgehead atoms. The van der Waals surface area contributed by atoms with Gasteiger partial charge in [-0.2, -0.15) is 0 Å². The van der Waals surface area contributed by atoms with Crippen LogP contribution in [0, 0.1) is 5.92 Å². The van der Waals surface area contributed by atoms with E-state index in [1.165, 1.54) is 22.9 Å². The van der Waals surface area contributed by atoms with E-state index in [0.717, 1.165) is 18.7 Å². The van der Waals surface area contributed by atoms with E-state index in [2.05, 4.69) is 36.6 Å². The molecule has 3 atom stereocenters. The quantitative estimate of drug-likeness (QED) is 0.860. The Morgan fingerprint density at radius 1 is 1.40 bits per heavy atom. The lowest BCUT2D eigenvalue weighted by Crippen LogP contribution is -2.53. The summed E-state index contributed by atoms with van der Waals surface area (Å²) < 4.78 is 5.29. The Morgan fingerprint density at radius 2 is 2.20 bits per heavy atom. The monoisotopic (exact) mass is 363 g/mol. The molecule has 0 spiro atoms. The van der Waals surface area contributed by atoms with Gasteiger partial charge in [-0.1, -0.05) is 13.0 Å². The first kappa shape index (κ1) is 17.9. The highest BCUT2D eigenvalue weighted by atomic mass is 32.2. The molecule has 0 aromatic heterocycles. The number of nitrogens with one attached hydrogen (secondary N) is 2. The van der Waals surface area contributed by atoms with Gasteiger partial charge in [-0.3, -0.25) is 4.79 Å². The zero-order valence-corrected chi connectivity index (χ0v) is 15.7. The van der Waals surface area contributed by atoms with E-state index in [-0.39, 0.29) is 23.4 Å². The molecule has 3 rings (SSSR count). The Hall–Kier alpha value is -1.89. The summed E-state index contributed by atoms with van der Waals surface area (Å²) in [5, 5.41) is 5.64. The van der Waals surface area contributed by atoms with Gasteiger partial charge in [-0.25, -0.2) is 4.79 Å². The number of carbonyl (C=O) groups is 2. The molecule has 1 fully saturated rings. The molecule has 0 radical (unpaired) electrons. The minimum Gasteiger partial charge on any atom is -0.497 e. The Bertz CT molecular complexity index is 667. The van der Waals surface area contributed by atoms with Gasteiger partial charge in [0.15, 0.2) is 0 Å². The smallest absolute Gasteiger partial charge is 0.315 e. The summed E-state index contributed by atoms with van der Waals surface area (Å²) in [6.45, 7) is 5.51. The molecule has 1 saturated heterocycles. The van der Waals surface area contributed by atoms with E-state index in [1.54, 1.807) is 7.11 Å². The Kier molecular flexibility index (Phi) is 5.42. The molecule has 136 valence electrons. The van der Waals surface area contributed by atoms with Crippen LogP contribution in [0.3, 0.4) is 0 Å². The Labute approximate surface area is 152 Å². The second-order valence-electron chi connectivity index (χ2n) is 6.64. The number of thioether (sulfide) groups is 1. The number of hydrogen-bond acceptors (Lipinski definition) is 4. The van der Waals surface area contributed by atoms with E-state index < -0.39 is 0 Å². The molecule has 1 aromatic carbocycles. The molecule has 7 heteroatoms. The zero-order chi connectivity index (χ0) is 18.0. The van der Waals surface area contributed by atoms with Crippen molar-refractivity contribution in [2.45, 2.75) is 31.7 Å². The second kappa shape index (κ2) is 7.56. The predicted octanol–water partition coefficient (Wildman–Crippen LogP) is 2.15. The lowest BCUT2D eigenvalue weighted by atomic mass is 9.93. The number of urea groups is 1. The molecular formula is C18H25N3O3S. The maximum atomic E-state index is 12.7. The average molecular weight is 363 g/mol. The van der Waals surface area contributed by atoms with Gasteiger partial charge in [0.05, 0.1) is 24.3 Å². The number of hydrogen-bond donors (Lipinski definition) is 2. The number of benzene rings is 1. The predicted molar refractivity (Wildman–Crippen MR) is 98.8 cm³/mol. The van der Waals surface area contributed by atoms with Gasteiger partial charge in [0.2, 0.25) is 5.91 Å². The van der Waals surface area contributed by atoms with Gasteiger partial charge >= 0.3 is 6.03 Å². The van der Waals surface area contributed by atoms with Crippen LogP contribution in [-0.4, -0.2) is 48.2 Å². The second-order valence-corrected chi connectivity index (χ2v) is 7.77. The Balaban J connectivity index is 1.62. The molecule has 2 aliphatic rings. The van der Waals surface area contributed by atoms with Crippen LogP contribution in [0.4, 0.5) is 4.79 Å². The fourth-order valence-corrected chi connectivity index (χ4v) is 4.51. The van der Waals surface area contributed by atoms with Gasteiger partial charge in [-0.15, -0.1) is 11.8 Å². The van der Waals surface area contributed by atoms with Crippen molar-refractivity contribution in [1.82, 2.24) is 15.5 Å². The first-order valence-electron chi connectivity index (χ1n) is 8.62. The van der Waals surface area contributed by atoms with Crippen LogP contribution >= 0.6 is 11.8 Å². The molecule has 25 heavy (non-hydrogen) atoms. The van der Waals surface area contributed by atoms with Crippen molar-refractivity contribution >= 4 is 23.7 Å². The van der Waals surface area contributed by atoms with E-state index in [1.807, 2.05) is 11.0 Å². The minimum atomic E-state index is -0.155. The van der Waals surface area contributed by atoms with Crippen molar-refractivity contribution in [2.75, 3.05) is 26.0 Å². The van der Waals surface area contributed by atoms with Crippen molar-refractivity contribution in [1.29, 1.82) is 0 Å². The fraction of sp³-hybridized carbons (Fsp3) is 0.556. The summed E-state index contributed by atoms with van der Waals surface area (Å²) in [4.78, 5) is 26.1. The number of rotatable bonds is 4. The molecule has 2 unspecified atom stereocenters. The summed E-state index contributed by atoms with van der Waals surface area (Å²) in [7, 11) is 1.67. The van der Waals surface area contributed by atoms with Crippen LogP contribution in [0.15, 0.2) is 18.2 Å². The van der Waals surface area contributed by atoms with E-state index in [9.17, 15) is 9.59 Å². The molecular weight excluding hydrogens is 338 g/mol. The number of carbonyl (C=O) groups excluding carboxylic acids is 2. The third kappa shape index (κ3) is 3.86. The first-order valence-corrected chi connectivity index (χ1v) is 9.66. The number of methoxy groups -OCH3 is 1. The van der Waals surface area contributed by atoms with Crippen molar-refractivity contribution < 1.29 is 14.3 Å². The lowest BCUT2D eigenvalue weighted by molar-refractivity contribution is -0.130. The number of ether oxygens (including phenoxy) is 1. The third-order valence-corrected chi connectivity index (χ3v) is 6.33. The van der Waals surface area contributed by atoms with Crippen molar-refractivity contribution in [2.24, 2.45) is 5.92 Å². The maximum Gasteiger partial charge on any atom is 0.315 e. The number of amides is 3. The molecule has 3 amide bonds.